The molecule has 0 saturated heterocycles. The monoisotopic (exact) mass is 159 g/mol. The molecule has 1 rings (SSSR count). The molecule has 0 bridgehead atoms. The third-order valence-corrected chi connectivity index (χ3v) is 1.58. The van der Waals surface area contributed by atoms with Crippen molar-refractivity contribution in [3.8, 4) is 0 Å². The van der Waals surface area contributed by atoms with Gasteiger partial charge in [0.25, 0.3) is 5.91 Å². The number of halogens is 1. The lowest BCUT2D eigenvalue weighted by atomic mass is 10.1. The van der Waals surface area contributed by atoms with Crippen molar-refractivity contribution in [1.29, 1.82) is 0 Å². The molecule has 1 saturated carbocycles. The van der Waals surface area contributed by atoms with E-state index in [4.69, 9.17) is 0 Å². The van der Waals surface area contributed by atoms with Gasteiger partial charge in [-0.3, -0.25) is 4.79 Å². The number of alkyl halides is 1. The third kappa shape index (κ3) is 2.17. The summed E-state index contributed by atoms with van der Waals surface area (Å²) in [5, 5.41) is 2.61. The Labute approximate surface area is 66.2 Å². The van der Waals surface area contributed by atoms with Crippen LogP contribution in [0.2, 0.25) is 0 Å². The van der Waals surface area contributed by atoms with E-state index in [1.165, 1.54) is 0 Å². The molecule has 1 N–H and O–H groups in total. The molecule has 0 aromatic heterocycles. The second-order valence-corrected chi connectivity index (χ2v) is 4.17. The number of rotatable bonds is 1. The Hall–Kier alpha value is -0.600. The van der Waals surface area contributed by atoms with Crippen LogP contribution in [-0.4, -0.2) is 17.1 Å². The second kappa shape index (κ2) is 2.19. The Morgan fingerprint density at radius 3 is 2.18 bits per heavy atom. The third-order valence-electron chi connectivity index (χ3n) is 1.58. The lowest BCUT2D eigenvalue weighted by Crippen LogP contribution is -2.45. The molecule has 1 aliphatic rings. The summed E-state index contributed by atoms with van der Waals surface area (Å²) in [4.78, 5) is 11.1. The molecule has 0 atom stereocenters. The molecule has 0 aliphatic heterocycles. The lowest BCUT2D eigenvalue weighted by Gasteiger charge is -2.21. The van der Waals surface area contributed by atoms with Crippen molar-refractivity contribution in [2.45, 2.75) is 44.8 Å². The molecule has 64 valence electrons. The van der Waals surface area contributed by atoms with E-state index in [0.29, 0.717) is 12.8 Å². The second-order valence-electron chi connectivity index (χ2n) is 4.17. The van der Waals surface area contributed by atoms with E-state index in [-0.39, 0.29) is 5.54 Å². The van der Waals surface area contributed by atoms with Crippen molar-refractivity contribution < 1.29 is 9.18 Å². The maximum absolute atomic E-state index is 13.0. The summed E-state index contributed by atoms with van der Waals surface area (Å²) in [5.74, 6) is -0.454. The van der Waals surface area contributed by atoms with Crippen molar-refractivity contribution in [2.24, 2.45) is 0 Å². The first-order valence-corrected chi connectivity index (χ1v) is 3.85. The Kier molecular flexibility index (Phi) is 1.69. The van der Waals surface area contributed by atoms with Crippen molar-refractivity contribution in [3.63, 3.8) is 0 Å². The van der Waals surface area contributed by atoms with Crippen LogP contribution in [0.5, 0.6) is 0 Å². The summed E-state index contributed by atoms with van der Waals surface area (Å²) < 4.78 is 13.0. The molecule has 0 radical (unpaired) electrons. The van der Waals surface area contributed by atoms with E-state index >= 15 is 0 Å². The standard InChI is InChI=1S/C8H14FNO/c1-7(2,3)10-6(11)8(9)4-5-8/h4-5H2,1-3H3,(H,10,11). The predicted molar refractivity (Wildman–Crippen MR) is 41.0 cm³/mol. The molecule has 2 nitrogen and oxygen atoms in total. The fourth-order valence-electron chi connectivity index (χ4n) is 0.789. The van der Waals surface area contributed by atoms with Crippen LogP contribution in [0.15, 0.2) is 0 Å². The van der Waals surface area contributed by atoms with Crippen LogP contribution in [-0.2, 0) is 4.79 Å². The largest absolute Gasteiger partial charge is 0.349 e. The molecule has 0 unspecified atom stereocenters. The first-order valence-electron chi connectivity index (χ1n) is 3.85. The molecule has 0 aromatic rings. The summed E-state index contributed by atoms with van der Waals surface area (Å²) in [5.41, 5.74) is -1.86. The highest BCUT2D eigenvalue weighted by Gasteiger charge is 2.51. The van der Waals surface area contributed by atoms with E-state index < -0.39 is 11.6 Å². The average Bonchev–Trinajstić information content (AvgIpc) is 2.44. The molecule has 1 aliphatic carbocycles. The molecule has 1 fully saturated rings. The van der Waals surface area contributed by atoms with E-state index in [9.17, 15) is 9.18 Å². The maximum Gasteiger partial charge on any atom is 0.258 e. The van der Waals surface area contributed by atoms with Gasteiger partial charge in [0.15, 0.2) is 5.67 Å². The SMILES string of the molecule is CC(C)(C)NC(=O)C1(F)CC1. The molecule has 11 heavy (non-hydrogen) atoms. The Morgan fingerprint density at radius 2 is 1.91 bits per heavy atom. The normalized spacial score (nSPS) is 21.1. The fourth-order valence-corrected chi connectivity index (χ4v) is 0.789. The highest BCUT2D eigenvalue weighted by Crippen LogP contribution is 2.40. The van der Waals surface area contributed by atoms with Crippen LogP contribution in [0.4, 0.5) is 4.39 Å². The van der Waals surface area contributed by atoms with Crippen molar-refractivity contribution in [3.05, 3.63) is 0 Å². The van der Waals surface area contributed by atoms with E-state index in [1.807, 2.05) is 20.8 Å². The summed E-state index contributed by atoms with van der Waals surface area (Å²) in [7, 11) is 0. The Bertz CT molecular complexity index is 179. The van der Waals surface area contributed by atoms with Crippen molar-refractivity contribution >= 4 is 5.91 Å². The van der Waals surface area contributed by atoms with Gasteiger partial charge < -0.3 is 5.32 Å². The van der Waals surface area contributed by atoms with Gasteiger partial charge in [-0.25, -0.2) is 4.39 Å². The van der Waals surface area contributed by atoms with Gasteiger partial charge >= 0.3 is 0 Å². The number of hydrogen-bond donors (Lipinski definition) is 1. The maximum atomic E-state index is 13.0. The average molecular weight is 159 g/mol. The minimum Gasteiger partial charge on any atom is -0.349 e. The summed E-state index contributed by atoms with van der Waals surface area (Å²) in [6, 6.07) is 0. The Morgan fingerprint density at radius 1 is 1.45 bits per heavy atom. The van der Waals surface area contributed by atoms with Crippen LogP contribution >= 0.6 is 0 Å². The van der Waals surface area contributed by atoms with Crippen LogP contribution in [0.1, 0.15) is 33.6 Å². The van der Waals surface area contributed by atoms with E-state index in [2.05, 4.69) is 5.32 Å². The van der Waals surface area contributed by atoms with Gasteiger partial charge in [-0.15, -0.1) is 0 Å². The van der Waals surface area contributed by atoms with E-state index in [1.54, 1.807) is 0 Å². The summed E-state index contributed by atoms with van der Waals surface area (Å²) in [6.07, 6.45) is 0.768. The molecule has 0 spiro atoms. The quantitative estimate of drug-likeness (QED) is 0.615. The van der Waals surface area contributed by atoms with Crippen molar-refractivity contribution in [2.75, 3.05) is 0 Å². The molecular weight excluding hydrogens is 145 g/mol. The zero-order valence-corrected chi connectivity index (χ0v) is 7.20. The van der Waals surface area contributed by atoms with Crippen LogP contribution in [0.3, 0.4) is 0 Å². The molecule has 3 heteroatoms. The number of hydrogen-bond acceptors (Lipinski definition) is 1. The smallest absolute Gasteiger partial charge is 0.258 e. The van der Waals surface area contributed by atoms with Crippen LogP contribution in [0.25, 0.3) is 0 Å². The Balaban J connectivity index is 2.45. The van der Waals surface area contributed by atoms with Crippen LogP contribution in [0, 0.1) is 0 Å². The summed E-state index contributed by atoms with van der Waals surface area (Å²) >= 11 is 0. The topological polar surface area (TPSA) is 29.1 Å². The predicted octanol–water partition coefficient (Wildman–Crippen LogP) is 1.40. The summed E-state index contributed by atoms with van der Waals surface area (Å²) in [6.45, 7) is 5.53. The zero-order valence-electron chi connectivity index (χ0n) is 7.20. The highest BCUT2D eigenvalue weighted by atomic mass is 19.1. The highest BCUT2D eigenvalue weighted by molar-refractivity contribution is 5.88. The number of amides is 1. The first-order chi connectivity index (χ1) is 4.83. The van der Waals surface area contributed by atoms with Gasteiger partial charge in [-0.1, -0.05) is 0 Å². The number of carbonyl (C=O) groups excluding carboxylic acids is 1. The van der Waals surface area contributed by atoms with Gasteiger partial charge in [-0.05, 0) is 33.6 Å². The zero-order chi connectivity index (χ0) is 8.70. The number of nitrogens with one attached hydrogen (secondary N) is 1. The van der Waals surface area contributed by atoms with Gasteiger partial charge in [0.05, 0.1) is 0 Å². The lowest BCUT2D eigenvalue weighted by molar-refractivity contribution is -0.128. The van der Waals surface area contributed by atoms with Crippen molar-refractivity contribution in [1.82, 2.24) is 5.32 Å². The van der Waals surface area contributed by atoms with Gasteiger partial charge in [0, 0.05) is 5.54 Å². The van der Waals surface area contributed by atoms with Gasteiger partial charge in [-0.2, -0.15) is 0 Å². The number of carbonyl (C=O) groups is 1. The minimum absolute atomic E-state index is 0.321. The fraction of sp³-hybridized carbons (Fsp3) is 0.875. The van der Waals surface area contributed by atoms with Gasteiger partial charge in [0.2, 0.25) is 0 Å². The molecule has 1 amide bonds. The first kappa shape index (κ1) is 8.50. The molecule has 0 heterocycles. The van der Waals surface area contributed by atoms with Crippen LogP contribution < -0.4 is 5.32 Å². The molecular formula is C8H14FNO. The minimum atomic E-state index is -1.53. The molecule has 0 aromatic carbocycles. The van der Waals surface area contributed by atoms with E-state index in [0.717, 1.165) is 0 Å². The van der Waals surface area contributed by atoms with Gasteiger partial charge in [0.1, 0.15) is 0 Å².